The number of aliphatic imine (C=N–C) groups is 1. The third-order valence-electron chi connectivity index (χ3n) is 4.23. The van der Waals surface area contributed by atoms with Gasteiger partial charge in [0.25, 0.3) is 0 Å². The first-order chi connectivity index (χ1) is 12.3. The van der Waals surface area contributed by atoms with E-state index in [4.69, 9.17) is 0 Å². The first-order valence-electron chi connectivity index (χ1n) is 8.62. The Morgan fingerprint density at radius 2 is 2.12 bits per heavy atom. The van der Waals surface area contributed by atoms with Crippen LogP contribution in [0.1, 0.15) is 11.3 Å². The van der Waals surface area contributed by atoms with E-state index in [1.54, 1.807) is 0 Å². The number of benzene rings is 1. The van der Waals surface area contributed by atoms with Gasteiger partial charge >= 0.3 is 0 Å². The van der Waals surface area contributed by atoms with E-state index in [0.29, 0.717) is 0 Å². The van der Waals surface area contributed by atoms with Crippen molar-refractivity contribution in [3.63, 3.8) is 0 Å². The molecular weight excluding hydrogens is 457 g/mol. The third kappa shape index (κ3) is 5.44. The summed E-state index contributed by atoms with van der Waals surface area (Å²) < 4.78 is 2.21. The quantitative estimate of drug-likeness (QED) is 0.240. The highest BCUT2D eigenvalue weighted by Crippen LogP contribution is 2.12. The molecule has 0 radical (unpaired) electrons. The maximum atomic E-state index is 4.44. The number of hydrogen-bond donors (Lipinski definition) is 1. The molecule has 3 rings (SSSR count). The van der Waals surface area contributed by atoms with Crippen molar-refractivity contribution in [1.82, 2.24) is 19.8 Å². The summed E-state index contributed by atoms with van der Waals surface area (Å²) in [6, 6.07) is 12.5. The highest BCUT2D eigenvalue weighted by atomic mass is 127. The van der Waals surface area contributed by atoms with Gasteiger partial charge in [-0.15, -0.1) is 35.3 Å². The number of aromatic nitrogens is 2. The van der Waals surface area contributed by atoms with Crippen LogP contribution in [0.3, 0.4) is 0 Å². The van der Waals surface area contributed by atoms with Crippen molar-refractivity contribution in [2.45, 2.75) is 19.4 Å². The van der Waals surface area contributed by atoms with Crippen molar-refractivity contribution in [3.8, 4) is 0 Å². The lowest BCUT2D eigenvalue weighted by atomic mass is 10.3. The van der Waals surface area contributed by atoms with Crippen molar-refractivity contribution in [2.75, 3.05) is 27.2 Å². The largest absolute Gasteiger partial charge is 0.356 e. The summed E-state index contributed by atoms with van der Waals surface area (Å²) >= 11 is 1.81. The SMILES string of the molecule is CN=C(NCCCn1cnc2ccccc21)N(C)CCc1cccs1.I. The molecule has 0 amide bonds. The van der Waals surface area contributed by atoms with E-state index in [1.165, 1.54) is 10.4 Å². The number of aryl methyl sites for hydroxylation is 1. The number of fused-ring (bicyclic) bond motifs is 1. The maximum absolute atomic E-state index is 4.44. The number of rotatable bonds is 7. The normalized spacial score (nSPS) is 11.4. The first-order valence-corrected chi connectivity index (χ1v) is 9.50. The molecule has 0 atom stereocenters. The Morgan fingerprint density at radius 1 is 1.27 bits per heavy atom. The second kappa shape index (κ2) is 10.5. The molecule has 0 unspecified atom stereocenters. The van der Waals surface area contributed by atoms with Gasteiger partial charge in [0.15, 0.2) is 5.96 Å². The molecule has 26 heavy (non-hydrogen) atoms. The summed E-state index contributed by atoms with van der Waals surface area (Å²) in [7, 11) is 3.93. The fraction of sp³-hybridized carbons (Fsp3) is 0.368. The molecule has 0 saturated carbocycles. The van der Waals surface area contributed by atoms with Gasteiger partial charge in [0, 0.05) is 38.6 Å². The second-order valence-corrected chi connectivity index (χ2v) is 7.04. The lowest BCUT2D eigenvalue weighted by Crippen LogP contribution is -2.40. The van der Waals surface area contributed by atoms with Gasteiger partial charge in [-0.3, -0.25) is 4.99 Å². The van der Waals surface area contributed by atoms with Crippen LogP contribution < -0.4 is 5.32 Å². The van der Waals surface area contributed by atoms with Crippen LogP contribution in [0.15, 0.2) is 53.1 Å². The molecule has 0 fully saturated rings. The number of nitrogens with zero attached hydrogens (tertiary/aromatic N) is 4. The zero-order valence-electron chi connectivity index (χ0n) is 15.3. The van der Waals surface area contributed by atoms with Gasteiger partial charge in [-0.25, -0.2) is 4.98 Å². The number of hydrogen-bond acceptors (Lipinski definition) is 3. The number of thiophene rings is 1. The van der Waals surface area contributed by atoms with Gasteiger partial charge < -0.3 is 14.8 Å². The number of likely N-dealkylation sites (N-methyl/N-ethyl adjacent to an activating group) is 1. The van der Waals surface area contributed by atoms with E-state index < -0.39 is 0 Å². The molecule has 140 valence electrons. The van der Waals surface area contributed by atoms with E-state index in [1.807, 2.05) is 30.8 Å². The van der Waals surface area contributed by atoms with Crippen LogP contribution >= 0.6 is 35.3 Å². The minimum absolute atomic E-state index is 0. The lowest BCUT2D eigenvalue weighted by molar-refractivity contribution is 0.483. The van der Waals surface area contributed by atoms with E-state index in [0.717, 1.165) is 44.0 Å². The van der Waals surface area contributed by atoms with Gasteiger partial charge in [-0.1, -0.05) is 18.2 Å². The average molecular weight is 483 g/mol. The Kier molecular flexibility index (Phi) is 8.37. The zero-order valence-corrected chi connectivity index (χ0v) is 18.4. The Bertz CT molecular complexity index is 812. The molecule has 3 aromatic rings. The van der Waals surface area contributed by atoms with Crippen LogP contribution in [0, 0.1) is 0 Å². The van der Waals surface area contributed by atoms with Crippen molar-refractivity contribution in [1.29, 1.82) is 0 Å². The van der Waals surface area contributed by atoms with Crippen LogP contribution in [0.4, 0.5) is 0 Å². The van der Waals surface area contributed by atoms with E-state index in [2.05, 4.69) is 67.5 Å². The Morgan fingerprint density at radius 3 is 2.88 bits per heavy atom. The average Bonchev–Trinajstić information content (AvgIpc) is 3.30. The summed E-state index contributed by atoms with van der Waals surface area (Å²) in [6.45, 7) is 2.80. The number of imidazole rings is 1. The number of guanidine groups is 1. The Hall–Kier alpha value is -1.61. The Labute approximate surface area is 176 Å². The number of halogens is 1. The predicted molar refractivity (Wildman–Crippen MR) is 122 cm³/mol. The summed E-state index contributed by atoms with van der Waals surface area (Å²) in [5, 5.41) is 5.58. The van der Waals surface area contributed by atoms with Crippen molar-refractivity contribution in [2.24, 2.45) is 4.99 Å². The molecule has 0 aliphatic carbocycles. The van der Waals surface area contributed by atoms with E-state index in [-0.39, 0.29) is 24.0 Å². The van der Waals surface area contributed by atoms with E-state index >= 15 is 0 Å². The molecule has 0 bridgehead atoms. The highest BCUT2D eigenvalue weighted by Gasteiger charge is 2.06. The van der Waals surface area contributed by atoms with Crippen LogP contribution in [-0.2, 0) is 13.0 Å². The molecule has 0 aliphatic heterocycles. The second-order valence-electron chi connectivity index (χ2n) is 6.01. The lowest BCUT2D eigenvalue weighted by Gasteiger charge is -2.21. The summed E-state index contributed by atoms with van der Waals surface area (Å²) in [5.74, 6) is 0.951. The third-order valence-corrected chi connectivity index (χ3v) is 5.17. The topological polar surface area (TPSA) is 45.5 Å². The highest BCUT2D eigenvalue weighted by molar-refractivity contribution is 14.0. The zero-order chi connectivity index (χ0) is 17.5. The molecule has 2 aromatic heterocycles. The maximum Gasteiger partial charge on any atom is 0.193 e. The molecule has 0 saturated heterocycles. The molecule has 1 aromatic carbocycles. The fourth-order valence-electron chi connectivity index (χ4n) is 2.86. The smallest absolute Gasteiger partial charge is 0.193 e. The summed E-state index contributed by atoms with van der Waals surface area (Å²) in [6.07, 6.45) is 4.00. The number of para-hydroxylation sites is 2. The van der Waals surface area contributed by atoms with Crippen molar-refractivity contribution >= 4 is 52.3 Å². The Balaban J connectivity index is 0.00000243. The molecule has 1 N–H and O–H groups in total. The van der Waals surface area contributed by atoms with E-state index in [9.17, 15) is 0 Å². The van der Waals surface area contributed by atoms with Crippen LogP contribution in [0.25, 0.3) is 11.0 Å². The summed E-state index contributed by atoms with van der Waals surface area (Å²) in [4.78, 5) is 12.4. The van der Waals surface area contributed by atoms with Crippen molar-refractivity contribution in [3.05, 3.63) is 53.0 Å². The van der Waals surface area contributed by atoms with Crippen molar-refractivity contribution < 1.29 is 0 Å². The van der Waals surface area contributed by atoms with Gasteiger partial charge in [0.2, 0.25) is 0 Å². The first kappa shape index (κ1) is 20.7. The van der Waals surface area contributed by atoms with Crippen LogP contribution in [0.2, 0.25) is 0 Å². The van der Waals surface area contributed by atoms with Gasteiger partial charge in [-0.2, -0.15) is 0 Å². The molecule has 2 heterocycles. The summed E-state index contributed by atoms with van der Waals surface area (Å²) in [5.41, 5.74) is 2.25. The van der Waals surface area contributed by atoms with Gasteiger partial charge in [-0.05, 0) is 36.4 Å². The molecular formula is C19H26IN5S. The van der Waals surface area contributed by atoms with Crippen LogP contribution in [0.5, 0.6) is 0 Å². The van der Waals surface area contributed by atoms with Gasteiger partial charge in [0.05, 0.1) is 17.4 Å². The minimum Gasteiger partial charge on any atom is -0.356 e. The molecule has 0 aliphatic rings. The fourth-order valence-corrected chi connectivity index (χ4v) is 3.56. The standard InChI is InChI=1S/C19H25N5S.HI/c1-20-19(23(2)13-10-16-7-5-14-25-16)21-11-6-12-24-15-22-17-8-3-4-9-18(17)24;/h3-5,7-9,14-15H,6,10-13H2,1-2H3,(H,20,21);1H. The molecule has 0 spiro atoms. The molecule has 5 nitrogen and oxygen atoms in total. The monoisotopic (exact) mass is 483 g/mol. The van der Waals surface area contributed by atoms with Crippen LogP contribution in [-0.4, -0.2) is 47.6 Å². The minimum atomic E-state index is 0. The predicted octanol–water partition coefficient (Wildman–Crippen LogP) is 3.86. The molecule has 7 heteroatoms. The number of nitrogens with one attached hydrogen (secondary N) is 1. The van der Waals surface area contributed by atoms with Gasteiger partial charge in [0.1, 0.15) is 0 Å².